The molecule has 0 fully saturated rings. The van der Waals surface area contributed by atoms with Gasteiger partial charge in [-0.05, 0) is 48.0 Å². The van der Waals surface area contributed by atoms with Crippen LogP contribution >= 0.6 is 11.6 Å². The summed E-state index contributed by atoms with van der Waals surface area (Å²) >= 11 is 5.77. The second kappa shape index (κ2) is 6.86. The van der Waals surface area contributed by atoms with E-state index in [1.807, 2.05) is 31.1 Å². The molecule has 6 heteroatoms. The van der Waals surface area contributed by atoms with Crippen LogP contribution in [-0.2, 0) is 9.84 Å². The summed E-state index contributed by atoms with van der Waals surface area (Å²) in [6, 6.07) is 14.8. The highest BCUT2D eigenvalue weighted by molar-refractivity contribution is 7.95. The smallest absolute Gasteiger partial charge is 0.216 e. The molecule has 0 unspecified atom stereocenters. The van der Waals surface area contributed by atoms with Crippen molar-refractivity contribution < 1.29 is 8.42 Å². The lowest BCUT2D eigenvalue weighted by molar-refractivity contribution is 0.603. The molecule has 23 heavy (non-hydrogen) atoms. The van der Waals surface area contributed by atoms with E-state index in [1.165, 1.54) is 30.3 Å². The first-order chi connectivity index (χ1) is 10.8. The maximum Gasteiger partial charge on any atom is 0.216 e. The van der Waals surface area contributed by atoms with Crippen molar-refractivity contribution in [2.45, 2.75) is 4.90 Å². The lowest BCUT2D eigenvalue weighted by Gasteiger charge is -2.12. The predicted octanol–water partition coefficient (Wildman–Crippen LogP) is 3.74. The summed E-state index contributed by atoms with van der Waals surface area (Å²) in [6.45, 7) is 0. The zero-order chi connectivity index (χ0) is 17.0. The summed E-state index contributed by atoms with van der Waals surface area (Å²) in [5.74, 6) is 0. The molecule has 4 nitrogen and oxygen atoms in total. The first-order valence-corrected chi connectivity index (χ1v) is 8.60. The van der Waals surface area contributed by atoms with Crippen molar-refractivity contribution in [1.82, 2.24) is 0 Å². The van der Waals surface area contributed by atoms with Gasteiger partial charge in [0, 0.05) is 24.8 Å². The number of hydrogen-bond acceptors (Lipinski definition) is 4. The predicted molar refractivity (Wildman–Crippen MR) is 93.0 cm³/mol. The van der Waals surface area contributed by atoms with E-state index in [2.05, 4.69) is 0 Å². The van der Waals surface area contributed by atoms with Crippen molar-refractivity contribution in [3.05, 3.63) is 64.0 Å². The van der Waals surface area contributed by atoms with E-state index in [0.717, 1.165) is 5.69 Å². The number of allylic oxidation sites excluding steroid dienone is 1. The maximum absolute atomic E-state index is 12.5. The standard InChI is InChI=1S/C17H15ClN2O2S/c1-20(2)15-7-3-13(4-8-15)11-17(12-19)23(21,22)16-9-5-14(18)6-10-16/h3-11H,1-2H3. The van der Waals surface area contributed by atoms with Crippen LogP contribution < -0.4 is 4.90 Å². The third-order valence-corrected chi connectivity index (χ3v) is 5.16. The fraction of sp³-hybridized carbons (Fsp3) is 0.118. The summed E-state index contributed by atoms with van der Waals surface area (Å²) in [5.41, 5.74) is 1.63. The van der Waals surface area contributed by atoms with Crippen LogP contribution in [0.15, 0.2) is 58.3 Å². The molecule has 0 heterocycles. The Balaban J connectivity index is 2.42. The van der Waals surface area contributed by atoms with Crippen LogP contribution in [0.1, 0.15) is 5.56 Å². The van der Waals surface area contributed by atoms with Gasteiger partial charge in [-0.15, -0.1) is 0 Å². The van der Waals surface area contributed by atoms with Crippen LogP contribution in [0.25, 0.3) is 6.08 Å². The van der Waals surface area contributed by atoms with E-state index >= 15 is 0 Å². The van der Waals surface area contributed by atoms with E-state index in [1.54, 1.807) is 18.2 Å². The molecule has 0 aliphatic heterocycles. The minimum Gasteiger partial charge on any atom is -0.378 e. The van der Waals surface area contributed by atoms with E-state index in [9.17, 15) is 13.7 Å². The first-order valence-electron chi connectivity index (χ1n) is 6.74. The monoisotopic (exact) mass is 346 g/mol. The molecule has 2 aromatic carbocycles. The number of anilines is 1. The number of nitrogens with zero attached hydrogens (tertiary/aromatic N) is 2. The van der Waals surface area contributed by atoms with Gasteiger partial charge in [-0.25, -0.2) is 8.42 Å². The molecule has 0 aliphatic rings. The zero-order valence-electron chi connectivity index (χ0n) is 12.7. The Hall–Kier alpha value is -2.29. The molecule has 0 amide bonds. The molecule has 0 saturated heterocycles. The average Bonchev–Trinajstić information content (AvgIpc) is 2.53. The molecule has 2 rings (SSSR count). The highest BCUT2D eigenvalue weighted by Crippen LogP contribution is 2.23. The largest absolute Gasteiger partial charge is 0.378 e. The van der Waals surface area contributed by atoms with Gasteiger partial charge < -0.3 is 4.90 Å². The van der Waals surface area contributed by atoms with E-state index in [4.69, 9.17) is 11.6 Å². The highest BCUT2D eigenvalue weighted by Gasteiger charge is 2.20. The quantitative estimate of drug-likeness (QED) is 0.791. The molecule has 0 radical (unpaired) electrons. The van der Waals surface area contributed by atoms with Gasteiger partial charge >= 0.3 is 0 Å². The Labute approximate surface area is 141 Å². The normalized spacial score (nSPS) is 11.8. The Morgan fingerprint density at radius 3 is 2.13 bits per heavy atom. The second-order valence-electron chi connectivity index (χ2n) is 5.06. The number of nitriles is 1. The maximum atomic E-state index is 12.5. The van der Waals surface area contributed by atoms with Gasteiger partial charge in [-0.1, -0.05) is 23.7 Å². The van der Waals surface area contributed by atoms with Gasteiger partial charge in [0.15, 0.2) is 0 Å². The lowest BCUT2D eigenvalue weighted by atomic mass is 10.2. The Kier molecular flexibility index (Phi) is 5.09. The first kappa shape index (κ1) is 17.1. The van der Waals surface area contributed by atoms with Crippen LogP contribution in [0.3, 0.4) is 0 Å². The number of sulfone groups is 1. The van der Waals surface area contributed by atoms with E-state index in [-0.39, 0.29) is 9.80 Å². The van der Waals surface area contributed by atoms with E-state index < -0.39 is 9.84 Å². The SMILES string of the molecule is CN(C)c1ccc(C=C(C#N)S(=O)(=O)c2ccc(Cl)cc2)cc1. The number of hydrogen-bond donors (Lipinski definition) is 0. The van der Waals surface area contributed by atoms with Gasteiger partial charge in [-0.3, -0.25) is 0 Å². The molecule has 0 spiro atoms. The molecular formula is C17H15ClN2O2S. The summed E-state index contributed by atoms with van der Waals surface area (Å²) in [4.78, 5) is 1.67. The fourth-order valence-electron chi connectivity index (χ4n) is 1.93. The number of benzene rings is 2. The van der Waals surface area contributed by atoms with Crippen LogP contribution in [0.4, 0.5) is 5.69 Å². The van der Waals surface area contributed by atoms with Crippen LogP contribution in [-0.4, -0.2) is 22.5 Å². The molecule has 118 valence electrons. The molecule has 0 bridgehead atoms. The Bertz CT molecular complexity index is 862. The summed E-state index contributed by atoms with van der Waals surface area (Å²) < 4.78 is 25.0. The minimum absolute atomic E-state index is 0.0413. The topological polar surface area (TPSA) is 61.2 Å². The summed E-state index contributed by atoms with van der Waals surface area (Å²) in [6.07, 6.45) is 1.36. The molecule has 0 aliphatic carbocycles. The van der Waals surface area contributed by atoms with Crippen LogP contribution in [0.2, 0.25) is 5.02 Å². The van der Waals surface area contributed by atoms with E-state index in [0.29, 0.717) is 10.6 Å². The molecule has 0 aromatic heterocycles. The average molecular weight is 347 g/mol. The van der Waals surface area contributed by atoms with Crippen LogP contribution in [0.5, 0.6) is 0 Å². The van der Waals surface area contributed by atoms with Gasteiger partial charge in [0.1, 0.15) is 11.0 Å². The van der Waals surface area contributed by atoms with Crippen molar-refractivity contribution in [2.75, 3.05) is 19.0 Å². The highest BCUT2D eigenvalue weighted by atomic mass is 35.5. The van der Waals surface area contributed by atoms with Crippen LogP contribution in [0, 0.1) is 11.3 Å². The summed E-state index contributed by atoms with van der Waals surface area (Å²) in [5, 5.41) is 9.69. The molecule has 0 atom stereocenters. The van der Waals surface area contributed by atoms with Crippen molar-refractivity contribution >= 4 is 33.2 Å². The van der Waals surface area contributed by atoms with Crippen molar-refractivity contribution in [3.8, 4) is 6.07 Å². The van der Waals surface area contributed by atoms with Gasteiger partial charge in [0.2, 0.25) is 9.84 Å². The molecule has 0 saturated carbocycles. The summed E-state index contributed by atoms with van der Waals surface area (Å²) in [7, 11) is -0.0351. The third kappa shape index (κ3) is 3.92. The number of halogens is 1. The van der Waals surface area contributed by atoms with Gasteiger partial charge in [0.05, 0.1) is 4.90 Å². The second-order valence-corrected chi connectivity index (χ2v) is 7.42. The lowest BCUT2D eigenvalue weighted by Crippen LogP contribution is -2.08. The van der Waals surface area contributed by atoms with Gasteiger partial charge in [-0.2, -0.15) is 5.26 Å². The molecule has 2 aromatic rings. The third-order valence-electron chi connectivity index (χ3n) is 3.23. The van der Waals surface area contributed by atoms with Crippen molar-refractivity contribution in [1.29, 1.82) is 5.26 Å². The Morgan fingerprint density at radius 2 is 1.65 bits per heavy atom. The Morgan fingerprint density at radius 1 is 1.09 bits per heavy atom. The fourth-order valence-corrected chi connectivity index (χ4v) is 3.22. The minimum atomic E-state index is -3.86. The van der Waals surface area contributed by atoms with Gasteiger partial charge in [0.25, 0.3) is 0 Å². The van der Waals surface area contributed by atoms with Crippen molar-refractivity contribution in [2.24, 2.45) is 0 Å². The van der Waals surface area contributed by atoms with Crippen molar-refractivity contribution in [3.63, 3.8) is 0 Å². The molecular weight excluding hydrogens is 332 g/mol. The zero-order valence-corrected chi connectivity index (χ0v) is 14.3. The molecule has 0 N–H and O–H groups in total. The number of rotatable bonds is 4.